The number of aliphatic imine (C=N–C) groups is 1. The summed E-state index contributed by atoms with van der Waals surface area (Å²) in [5.74, 6) is 1.27. The van der Waals surface area contributed by atoms with Gasteiger partial charge in [0.25, 0.3) is 0 Å². The predicted octanol–water partition coefficient (Wildman–Crippen LogP) is 3.92. The summed E-state index contributed by atoms with van der Waals surface area (Å²) in [5, 5.41) is 0. The van der Waals surface area contributed by atoms with Crippen molar-refractivity contribution in [2.75, 3.05) is 7.11 Å². The predicted molar refractivity (Wildman–Crippen MR) is 75.4 cm³/mol. The van der Waals surface area contributed by atoms with Gasteiger partial charge in [-0.1, -0.05) is 32.8 Å². The molecule has 0 unspecified atom stereocenters. The van der Waals surface area contributed by atoms with Crippen molar-refractivity contribution in [1.29, 1.82) is 0 Å². The molecular weight excluding hydrogens is 238 g/mol. The van der Waals surface area contributed by atoms with Crippen LogP contribution in [0.3, 0.4) is 0 Å². The van der Waals surface area contributed by atoms with Gasteiger partial charge < -0.3 is 4.74 Å². The van der Waals surface area contributed by atoms with Gasteiger partial charge in [0.15, 0.2) is 0 Å². The van der Waals surface area contributed by atoms with Crippen LogP contribution in [0.5, 0.6) is 5.75 Å². The Morgan fingerprint density at radius 3 is 2.53 bits per heavy atom. The Hall–Kier alpha value is -1.60. The summed E-state index contributed by atoms with van der Waals surface area (Å²) in [6, 6.07) is 6.22. The fourth-order valence-electron chi connectivity index (χ4n) is 2.94. The molecule has 102 valence electrons. The van der Waals surface area contributed by atoms with Crippen LogP contribution in [0.15, 0.2) is 23.2 Å². The first-order valence-corrected chi connectivity index (χ1v) is 6.90. The molecule has 0 heterocycles. The van der Waals surface area contributed by atoms with E-state index >= 15 is 0 Å². The molecule has 19 heavy (non-hydrogen) atoms. The summed E-state index contributed by atoms with van der Waals surface area (Å²) in [6.45, 7) is 4.33. The van der Waals surface area contributed by atoms with Crippen LogP contribution >= 0.6 is 0 Å². The standard InChI is InChI=1S/C16H21NO2/c1-12(2)13-6-7-15(19-3)14(10-13)16(17-11-18)8-4-5-9-16/h6-7,10,12H,4-5,8-9H2,1-3H3. The molecule has 0 bridgehead atoms. The lowest BCUT2D eigenvalue weighted by Crippen LogP contribution is -2.20. The third kappa shape index (κ3) is 2.57. The Morgan fingerprint density at radius 2 is 2.00 bits per heavy atom. The average molecular weight is 259 g/mol. The molecule has 0 aromatic heterocycles. The number of isocyanates is 1. The molecule has 1 aliphatic carbocycles. The van der Waals surface area contributed by atoms with Crippen LogP contribution in [0.2, 0.25) is 0 Å². The summed E-state index contributed by atoms with van der Waals surface area (Å²) in [5.41, 5.74) is 1.88. The van der Waals surface area contributed by atoms with E-state index in [9.17, 15) is 4.79 Å². The second-order valence-corrected chi connectivity index (χ2v) is 5.56. The normalized spacial score (nSPS) is 17.3. The van der Waals surface area contributed by atoms with Crippen LogP contribution in [0.4, 0.5) is 0 Å². The topological polar surface area (TPSA) is 38.7 Å². The minimum Gasteiger partial charge on any atom is -0.496 e. The first-order chi connectivity index (χ1) is 9.13. The van der Waals surface area contributed by atoms with Crippen LogP contribution in [0.25, 0.3) is 0 Å². The molecule has 1 aromatic rings. The van der Waals surface area contributed by atoms with E-state index in [0.29, 0.717) is 5.92 Å². The highest BCUT2D eigenvalue weighted by Gasteiger charge is 2.38. The molecule has 1 saturated carbocycles. The second kappa shape index (κ2) is 5.58. The van der Waals surface area contributed by atoms with Crippen molar-refractivity contribution in [3.05, 3.63) is 29.3 Å². The van der Waals surface area contributed by atoms with Gasteiger partial charge in [-0.25, -0.2) is 4.79 Å². The number of methoxy groups -OCH3 is 1. The third-order valence-electron chi connectivity index (χ3n) is 4.08. The van der Waals surface area contributed by atoms with Crippen molar-refractivity contribution >= 4 is 6.08 Å². The number of carbonyl (C=O) groups excluding carboxylic acids is 1. The Labute approximate surface area is 114 Å². The first-order valence-electron chi connectivity index (χ1n) is 6.90. The zero-order valence-electron chi connectivity index (χ0n) is 11.9. The minimum absolute atomic E-state index is 0.419. The van der Waals surface area contributed by atoms with E-state index in [0.717, 1.165) is 37.0 Å². The van der Waals surface area contributed by atoms with E-state index in [-0.39, 0.29) is 0 Å². The number of hydrogen-bond acceptors (Lipinski definition) is 3. The Kier molecular flexibility index (Phi) is 4.06. The van der Waals surface area contributed by atoms with Gasteiger partial charge in [0.2, 0.25) is 6.08 Å². The zero-order valence-corrected chi connectivity index (χ0v) is 11.9. The Morgan fingerprint density at radius 1 is 1.32 bits per heavy atom. The fourth-order valence-corrected chi connectivity index (χ4v) is 2.94. The number of rotatable bonds is 4. The largest absolute Gasteiger partial charge is 0.496 e. The fraction of sp³-hybridized carbons (Fsp3) is 0.562. The van der Waals surface area contributed by atoms with Gasteiger partial charge in [-0.15, -0.1) is 0 Å². The number of hydrogen-bond donors (Lipinski definition) is 0. The van der Waals surface area contributed by atoms with Gasteiger partial charge in [0, 0.05) is 5.56 Å². The van der Waals surface area contributed by atoms with Gasteiger partial charge in [-0.3, -0.25) is 0 Å². The van der Waals surface area contributed by atoms with Crippen LogP contribution in [0, 0.1) is 0 Å². The number of ether oxygens (including phenoxy) is 1. The summed E-state index contributed by atoms with van der Waals surface area (Å²) in [4.78, 5) is 15.0. The molecule has 2 rings (SSSR count). The molecule has 0 radical (unpaired) electrons. The van der Waals surface area contributed by atoms with Crippen molar-refractivity contribution < 1.29 is 9.53 Å². The van der Waals surface area contributed by atoms with E-state index < -0.39 is 5.54 Å². The lowest BCUT2D eigenvalue weighted by Gasteiger charge is -2.26. The summed E-state index contributed by atoms with van der Waals surface area (Å²) in [7, 11) is 1.67. The van der Waals surface area contributed by atoms with Crippen molar-refractivity contribution in [3.63, 3.8) is 0 Å². The highest BCUT2D eigenvalue weighted by molar-refractivity contribution is 5.47. The van der Waals surface area contributed by atoms with E-state index in [1.54, 1.807) is 13.2 Å². The molecule has 0 aliphatic heterocycles. The van der Waals surface area contributed by atoms with Crippen molar-refractivity contribution in [2.24, 2.45) is 4.99 Å². The van der Waals surface area contributed by atoms with E-state index in [1.165, 1.54) is 5.56 Å². The highest BCUT2D eigenvalue weighted by Crippen LogP contribution is 2.46. The Bertz CT molecular complexity index is 495. The SMILES string of the molecule is COc1ccc(C(C)C)cc1C1(N=C=O)CCCC1. The van der Waals surface area contributed by atoms with Crippen molar-refractivity contribution in [2.45, 2.75) is 51.0 Å². The molecule has 1 aromatic carbocycles. The van der Waals surface area contributed by atoms with Crippen LogP contribution in [-0.4, -0.2) is 13.2 Å². The molecule has 0 amide bonds. The first kappa shape index (κ1) is 13.8. The van der Waals surface area contributed by atoms with Gasteiger partial charge >= 0.3 is 0 Å². The average Bonchev–Trinajstić information content (AvgIpc) is 2.88. The maximum Gasteiger partial charge on any atom is 0.235 e. The van der Waals surface area contributed by atoms with Crippen LogP contribution in [0.1, 0.15) is 56.6 Å². The molecule has 1 fully saturated rings. The number of nitrogens with zero attached hydrogens (tertiary/aromatic N) is 1. The van der Waals surface area contributed by atoms with E-state index in [2.05, 4.69) is 31.0 Å². The van der Waals surface area contributed by atoms with Gasteiger partial charge in [0.1, 0.15) is 11.3 Å². The van der Waals surface area contributed by atoms with Crippen molar-refractivity contribution in [3.8, 4) is 5.75 Å². The minimum atomic E-state index is -0.419. The van der Waals surface area contributed by atoms with Crippen LogP contribution in [-0.2, 0) is 10.3 Å². The lowest BCUT2D eigenvalue weighted by molar-refractivity contribution is 0.379. The van der Waals surface area contributed by atoms with Gasteiger partial charge in [-0.2, -0.15) is 4.99 Å². The van der Waals surface area contributed by atoms with Gasteiger partial charge in [0.05, 0.1) is 7.11 Å². The molecular formula is C16H21NO2. The smallest absolute Gasteiger partial charge is 0.235 e. The van der Waals surface area contributed by atoms with E-state index in [1.807, 2.05) is 6.07 Å². The maximum atomic E-state index is 10.8. The third-order valence-corrected chi connectivity index (χ3v) is 4.08. The zero-order chi connectivity index (χ0) is 13.9. The monoisotopic (exact) mass is 259 g/mol. The van der Waals surface area contributed by atoms with Gasteiger partial charge in [-0.05, 0) is 36.5 Å². The molecule has 0 spiro atoms. The highest BCUT2D eigenvalue weighted by atomic mass is 16.5. The molecule has 0 saturated heterocycles. The molecule has 0 N–H and O–H groups in total. The summed E-state index contributed by atoms with van der Waals surface area (Å²) in [6.07, 6.45) is 5.77. The molecule has 0 atom stereocenters. The van der Waals surface area contributed by atoms with E-state index in [4.69, 9.17) is 4.74 Å². The number of benzene rings is 1. The van der Waals surface area contributed by atoms with Crippen LogP contribution < -0.4 is 4.74 Å². The Balaban J connectivity index is 2.57. The second-order valence-electron chi connectivity index (χ2n) is 5.56. The van der Waals surface area contributed by atoms with Crippen molar-refractivity contribution in [1.82, 2.24) is 0 Å². The molecule has 3 nitrogen and oxygen atoms in total. The molecule has 3 heteroatoms. The summed E-state index contributed by atoms with van der Waals surface area (Å²) < 4.78 is 5.47. The summed E-state index contributed by atoms with van der Waals surface area (Å²) >= 11 is 0. The quantitative estimate of drug-likeness (QED) is 0.607. The molecule has 1 aliphatic rings. The lowest BCUT2D eigenvalue weighted by atomic mass is 9.85. The maximum absolute atomic E-state index is 10.8.